The summed E-state index contributed by atoms with van der Waals surface area (Å²) in [6.45, 7) is 3.90. The molecule has 8 nitrogen and oxygen atoms in total. The number of methoxy groups -OCH3 is 4. The highest BCUT2D eigenvalue weighted by Gasteiger charge is 2.47. The van der Waals surface area contributed by atoms with Gasteiger partial charge in [0, 0.05) is 11.4 Å². The number of hydrogen-bond acceptors (Lipinski definition) is 8. The quantitative estimate of drug-likeness (QED) is 0.138. The SMILES string of the molecule is COc1cc(C2(c3cc(OC)c(Oc4ccc(N)cc4C)c(OC)c3)c3ccccc3-c3ccccc32)cc(OC)c1Oc1ccc(N)cc1C. The molecule has 0 bridgehead atoms. The summed E-state index contributed by atoms with van der Waals surface area (Å²) in [6.07, 6.45) is 0. The fraction of sp³-hybridized carbons (Fsp3) is 0.163. The Bertz CT molecular complexity index is 2070. The summed E-state index contributed by atoms with van der Waals surface area (Å²) in [5.74, 6) is 4.17. The number of benzene rings is 6. The molecular formula is C43H40N2O6. The highest BCUT2D eigenvalue weighted by Crippen LogP contribution is 2.60. The summed E-state index contributed by atoms with van der Waals surface area (Å²) in [5.41, 5.74) is 20.4. The van der Waals surface area contributed by atoms with E-state index >= 15 is 0 Å². The van der Waals surface area contributed by atoms with Gasteiger partial charge in [-0.3, -0.25) is 0 Å². The number of aryl methyl sites for hydroxylation is 2. The lowest BCUT2D eigenvalue weighted by molar-refractivity contribution is 0.343. The van der Waals surface area contributed by atoms with E-state index in [1.165, 1.54) is 0 Å². The largest absolute Gasteiger partial charge is 0.493 e. The van der Waals surface area contributed by atoms with Gasteiger partial charge in [0.15, 0.2) is 23.0 Å². The molecule has 6 aromatic rings. The molecule has 0 aliphatic heterocycles. The van der Waals surface area contributed by atoms with E-state index in [0.717, 1.165) is 44.5 Å². The summed E-state index contributed by atoms with van der Waals surface area (Å²) in [6, 6.07) is 36.0. The van der Waals surface area contributed by atoms with Crippen LogP contribution in [0.2, 0.25) is 0 Å². The van der Waals surface area contributed by atoms with Crippen LogP contribution in [0.25, 0.3) is 11.1 Å². The summed E-state index contributed by atoms with van der Waals surface area (Å²) >= 11 is 0. The fourth-order valence-electron chi connectivity index (χ4n) is 7.21. The Balaban J connectivity index is 1.51. The molecule has 0 heterocycles. The molecule has 0 spiro atoms. The van der Waals surface area contributed by atoms with Gasteiger partial charge in [-0.25, -0.2) is 0 Å². The number of nitrogens with two attached hydrogens (primary N) is 2. The van der Waals surface area contributed by atoms with E-state index in [1.54, 1.807) is 40.6 Å². The van der Waals surface area contributed by atoms with Crippen molar-refractivity contribution in [2.45, 2.75) is 19.3 Å². The standard InChI is InChI=1S/C43H40N2O6/c1-25-19-29(44)15-17-35(25)50-41-37(46-3)21-27(22-38(41)47-4)43(33-13-9-7-11-31(33)32-12-8-10-14-34(32)43)28-23-39(48-5)42(40(24-28)49-6)51-36-18-16-30(45)20-26(36)2/h7-24H,44-45H2,1-6H3. The fourth-order valence-corrected chi connectivity index (χ4v) is 7.21. The number of anilines is 2. The first-order valence-electron chi connectivity index (χ1n) is 16.5. The van der Waals surface area contributed by atoms with Crippen molar-refractivity contribution in [3.05, 3.63) is 143 Å². The molecule has 0 fully saturated rings. The zero-order valence-corrected chi connectivity index (χ0v) is 29.5. The minimum absolute atomic E-state index is 0.448. The van der Waals surface area contributed by atoms with Gasteiger partial charge in [0.1, 0.15) is 11.5 Å². The lowest BCUT2D eigenvalue weighted by atomic mass is 9.67. The normalized spacial score (nSPS) is 12.4. The Morgan fingerprint density at radius 1 is 0.431 bits per heavy atom. The minimum Gasteiger partial charge on any atom is -0.493 e. The van der Waals surface area contributed by atoms with Crippen LogP contribution in [0.3, 0.4) is 0 Å². The van der Waals surface area contributed by atoms with Crippen LogP contribution in [0.5, 0.6) is 46.0 Å². The predicted molar refractivity (Wildman–Crippen MR) is 201 cm³/mol. The third kappa shape index (κ3) is 5.49. The molecule has 0 saturated heterocycles. The molecule has 0 atom stereocenters. The Hall–Kier alpha value is -6.28. The van der Waals surface area contributed by atoms with Gasteiger partial charge < -0.3 is 39.9 Å². The van der Waals surface area contributed by atoms with Crippen LogP contribution in [-0.4, -0.2) is 28.4 Å². The Morgan fingerprint density at radius 3 is 1.12 bits per heavy atom. The molecule has 258 valence electrons. The zero-order valence-electron chi connectivity index (χ0n) is 29.5. The molecule has 1 aliphatic carbocycles. The van der Waals surface area contributed by atoms with E-state index in [4.69, 9.17) is 39.9 Å². The van der Waals surface area contributed by atoms with Gasteiger partial charge in [-0.05, 0) is 119 Å². The highest BCUT2D eigenvalue weighted by atomic mass is 16.5. The molecule has 51 heavy (non-hydrogen) atoms. The summed E-state index contributed by atoms with van der Waals surface area (Å²) in [7, 11) is 6.51. The van der Waals surface area contributed by atoms with Crippen molar-refractivity contribution in [3.63, 3.8) is 0 Å². The molecule has 6 aromatic carbocycles. The zero-order chi connectivity index (χ0) is 35.9. The third-order valence-corrected chi connectivity index (χ3v) is 9.56. The first-order chi connectivity index (χ1) is 24.7. The van der Waals surface area contributed by atoms with Crippen LogP contribution in [0.1, 0.15) is 33.4 Å². The Morgan fingerprint density at radius 2 is 0.784 bits per heavy atom. The Kier molecular flexibility index (Phi) is 8.61. The second-order valence-corrected chi connectivity index (χ2v) is 12.5. The van der Waals surface area contributed by atoms with Crippen LogP contribution in [-0.2, 0) is 5.41 Å². The van der Waals surface area contributed by atoms with E-state index < -0.39 is 5.41 Å². The predicted octanol–water partition coefficient (Wildman–Crippen LogP) is 9.45. The highest BCUT2D eigenvalue weighted by molar-refractivity contribution is 5.87. The molecule has 1 aliphatic rings. The second kappa shape index (κ2) is 13.2. The van der Waals surface area contributed by atoms with Crippen molar-refractivity contribution in [2.75, 3.05) is 39.9 Å². The maximum Gasteiger partial charge on any atom is 0.211 e. The maximum atomic E-state index is 6.50. The van der Waals surface area contributed by atoms with Crippen molar-refractivity contribution in [1.29, 1.82) is 0 Å². The van der Waals surface area contributed by atoms with Gasteiger partial charge in [0.05, 0.1) is 33.9 Å². The van der Waals surface area contributed by atoms with E-state index in [0.29, 0.717) is 57.4 Å². The van der Waals surface area contributed by atoms with Crippen LogP contribution in [0.4, 0.5) is 11.4 Å². The van der Waals surface area contributed by atoms with Crippen molar-refractivity contribution in [3.8, 4) is 57.1 Å². The van der Waals surface area contributed by atoms with E-state index in [-0.39, 0.29) is 0 Å². The topological polar surface area (TPSA) is 107 Å². The number of nitrogen functional groups attached to an aromatic ring is 2. The average Bonchev–Trinajstić information content (AvgIpc) is 3.44. The first-order valence-corrected chi connectivity index (χ1v) is 16.5. The Labute approximate surface area is 298 Å². The molecule has 7 rings (SSSR count). The summed E-state index contributed by atoms with van der Waals surface area (Å²) in [4.78, 5) is 0. The van der Waals surface area contributed by atoms with Crippen LogP contribution >= 0.6 is 0 Å². The molecule has 0 aromatic heterocycles. The second-order valence-electron chi connectivity index (χ2n) is 12.5. The molecule has 0 saturated carbocycles. The lowest BCUT2D eigenvalue weighted by Gasteiger charge is -2.35. The van der Waals surface area contributed by atoms with E-state index in [2.05, 4.69) is 48.5 Å². The summed E-state index contributed by atoms with van der Waals surface area (Å²) in [5, 5.41) is 0. The van der Waals surface area contributed by atoms with Crippen molar-refractivity contribution in [1.82, 2.24) is 0 Å². The third-order valence-electron chi connectivity index (χ3n) is 9.56. The van der Waals surface area contributed by atoms with E-state index in [1.807, 2.05) is 62.4 Å². The average molecular weight is 681 g/mol. The monoisotopic (exact) mass is 680 g/mol. The van der Waals surface area contributed by atoms with E-state index in [9.17, 15) is 0 Å². The van der Waals surface area contributed by atoms with Crippen LogP contribution in [0.15, 0.2) is 109 Å². The molecule has 0 radical (unpaired) electrons. The lowest BCUT2D eigenvalue weighted by Crippen LogP contribution is -2.29. The van der Waals surface area contributed by atoms with Crippen molar-refractivity contribution in [2.24, 2.45) is 0 Å². The number of fused-ring (bicyclic) bond motifs is 3. The van der Waals surface area contributed by atoms with Gasteiger partial charge in [-0.2, -0.15) is 0 Å². The van der Waals surface area contributed by atoms with Crippen LogP contribution in [0, 0.1) is 13.8 Å². The maximum absolute atomic E-state index is 6.50. The smallest absolute Gasteiger partial charge is 0.211 e. The van der Waals surface area contributed by atoms with Crippen LogP contribution < -0.4 is 39.9 Å². The molecule has 4 N–H and O–H groups in total. The van der Waals surface area contributed by atoms with Crippen molar-refractivity contribution < 1.29 is 28.4 Å². The number of rotatable bonds is 10. The molecule has 0 unspecified atom stereocenters. The number of ether oxygens (including phenoxy) is 6. The molecule has 0 amide bonds. The van der Waals surface area contributed by atoms with Gasteiger partial charge in [0.2, 0.25) is 11.5 Å². The van der Waals surface area contributed by atoms with Gasteiger partial charge >= 0.3 is 0 Å². The van der Waals surface area contributed by atoms with Crippen molar-refractivity contribution >= 4 is 11.4 Å². The molecular weight excluding hydrogens is 640 g/mol. The van der Waals surface area contributed by atoms with Gasteiger partial charge in [-0.1, -0.05) is 48.5 Å². The minimum atomic E-state index is -0.875. The molecule has 8 heteroatoms. The van der Waals surface area contributed by atoms with Gasteiger partial charge in [0.25, 0.3) is 0 Å². The summed E-state index contributed by atoms with van der Waals surface area (Å²) < 4.78 is 37.3. The number of hydrogen-bond donors (Lipinski definition) is 2. The first kappa shape index (κ1) is 33.2. The van der Waals surface area contributed by atoms with Gasteiger partial charge in [-0.15, -0.1) is 0 Å².